The van der Waals surface area contributed by atoms with Gasteiger partial charge in [-0.25, -0.2) is 15.0 Å². The average molecular weight is 641 g/mol. The molecule has 10 rings (SSSR count). The van der Waals surface area contributed by atoms with Gasteiger partial charge in [0.2, 0.25) is 5.95 Å². The number of aromatic nitrogens is 4. The molecule has 0 saturated heterocycles. The second kappa shape index (κ2) is 10.8. The van der Waals surface area contributed by atoms with E-state index in [-0.39, 0.29) is 5.41 Å². The maximum atomic E-state index is 5.39. The van der Waals surface area contributed by atoms with Gasteiger partial charge in [0.15, 0.2) is 0 Å². The van der Waals surface area contributed by atoms with Crippen molar-refractivity contribution in [3.8, 4) is 50.8 Å². The molecule has 0 aliphatic heterocycles. The SMILES string of the molecule is CC1(C)c2ccccc2-c2nc(-n3c4ccccc4c4cc(-c5cc(-c6ccccc6)cc(-c6ccccc6)n5)ccc43)nc3cccc1c23. The third-order valence-electron chi connectivity index (χ3n) is 10.4. The van der Waals surface area contributed by atoms with Crippen molar-refractivity contribution in [2.45, 2.75) is 19.3 Å². The van der Waals surface area contributed by atoms with E-state index in [1.54, 1.807) is 0 Å². The molecule has 0 N–H and O–H groups in total. The highest BCUT2D eigenvalue weighted by Crippen LogP contribution is 2.48. The normalized spacial score (nSPS) is 13.2. The van der Waals surface area contributed by atoms with Crippen LogP contribution in [0.15, 0.2) is 158 Å². The lowest BCUT2D eigenvalue weighted by Crippen LogP contribution is -2.24. The first-order valence-electron chi connectivity index (χ1n) is 17.1. The van der Waals surface area contributed by atoms with Gasteiger partial charge in [0, 0.05) is 38.3 Å². The molecule has 0 amide bonds. The van der Waals surface area contributed by atoms with Gasteiger partial charge < -0.3 is 0 Å². The van der Waals surface area contributed by atoms with Crippen LogP contribution in [-0.2, 0) is 5.41 Å². The minimum Gasteiger partial charge on any atom is -0.278 e. The predicted octanol–water partition coefficient (Wildman–Crippen LogP) is 11.4. The fourth-order valence-electron chi connectivity index (χ4n) is 7.95. The molecule has 3 aromatic heterocycles. The fourth-order valence-corrected chi connectivity index (χ4v) is 7.95. The molecule has 1 aliphatic rings. The maximum Gasteiger partial charge on any atom is 0.235 e. The van der Waals surface area contributed by atoms with Crippen molar-refractivity contribution in [2.75, 3.05) is 0 Å². The number of para-hydroxylation sites is 1. The number of rotatable bonds is 4. The minimum atomic E-state index is -0.149. The van der Waals surface area contributed by atoms with Gasteiger partial charge in [-0.1, -0.05) is 135 Å². The van der Waals surface area contributed by atoms with E-state index in [0.717, 1.165) is 72.0 Å². The van der Waals surface area contributed by atoms with Crippen LogP contribution in [0.5, 0.6) is 0 Å². The second-order valence-corrected chi connectivity index (χ2v) is 13.7. The molecule has 0 spiro atoms. The van der Waals surface area contributed by atoms with Crippen molar-refractivity contribution in [1.82, 2.24) is 19.5 Å². The van der Waals surface area contributed by atoms with Gasteiger partial charge in [0.1, 0.15) is 0 Å². The Kier molecular flexibility index (Phi) is 6.19. The summed E-state index contributed by atoms with van der Waals surface area (Å²) in [4.78, 5) is 15.9. The molecule has 0 atom stereocenters. The number of benzene rings is 6. The monoisotopic (exact) mass is 640 g/mol. The quantitative estimate of drug-likeness (QED) is 0.192. The molecule has 0 bridgehead atoms. The average Bonchev–Trinajstić information content (AvgIpc) is 3.51. The largest absolute Gasteiger partial charge is 0.278 e. The molecule has 4 heteroatoms. The second-order valence-electron chi connectivity index (χ2n) is 13.7. The van der Waals surface area contributed by atoms with Crippen molar-refractivity contribution >= 4 is 32.7 Å². The Morgan fingerprint density at radius 2 is 1.12 bits per heavy atom. The van der Waals surface area contributed by atoms with E-state index in [4.69, 9.17) is 15.0 Å². The van der Waals surface area contributed by atoms with Crippen molar-refractivity contribution in [3.63, 3.8) is 0 Å². The first kappa shape index (κ1) is 28.6. The first-order valence-corrected chi connectivity index (χ1v) is 17.1. The summed E-state index contributed by atoms with van der Waals surface area (Å²) < 4.78 is 2.22. The molecule has 0 fully saturated rings. The summed E-state index contributed by atoms with van der Waals surface area (Å²) in [5.41, 5.74) is 14.0. The Hall–Kier alpha value is -6.39. The smallest absolute Gasteiger partial charge is 0.235 e. The first-order chi connectivity index (χ1) is 24.5. The van der Waals surface area contributed by atoms with E-state index in [2.05, 4.69) is 170 Å². The molecule has 6 aromatic carbocycles. The molecular weight excluding hydrogens is 609 g/mol. The van der Waals surface area contributed by atoms with Crippen molar-refractivity contribution in [3.05, 3.63) is 169 Å². The maximum absolute atomic E-state index is 5.39. The zero-order valence-corrected chi connectivity index (χ0v) is 27.8. The van der Waals surface area contributed by atoms with Crippen LogP contribution in [0, 0.1) is 0 Å². The van der Waals surface area contributed by atoms with E-state index in [9.17, 15) is 0 Å². The highest BCUT2D eigenvalue weighted by molar-refractivity contribution is 6.10. The molecule has 1 aliphatic carbocycles. The summed E-state index contributed by atoms with van der Waals surface area (Å²) in [5, 5.41) is 3.43. The van der Waals surface area contributed by atoms with Crippen LogP contribution in [0.3, 0.4) is 0 Å². The Balaban J connectivity index is 1.20. The van der Waals surface area contributed by atoms with Crippen LogP contribution >= 0.6 is 0 Å². The number of pyridine rings is 1. The van der Waals surface area contributed by atoms with Crippen LogP contribution in [-0.4, -0.2) is 19.5 Å². The molecule has 0 radical (unpaired) electrons. The number of fused-ring (bicyclic) bond motifs is 5. The van der Waals surface area contributed by atoms with Crippen LogP contribution in [0.25, 0.3) is 83.6 Å². The fraction of sp³-hybridized carbons (Fsp3) is 0.0652. The molecule has 4 nitrogen and oxygen atoms in total. The van der Waals surface area contributed by atoms with Gasteiger partial charge in [-0.05, 0) is 58.7 Å². The van der Waals surface area contributed by atoms with Crippen molar-refractivity contribution in [1.29, 1.82) is 0 Å². The minimum absolute atomic E-state index is 0.149. The molecular formula is C46H32N4. The topological polar surface area (TPSA) is 43.6 Å². The lowest BCUT2D eigenvalue weighted by Gasteiger charge is -2.34. The highest BCUT2D eigenvalue weighted by atomic mass is 15.2. The summed E-state index contributed by atoms with van der Waals surface area (Å²) in [5.74, 6) is 0.675. The van der Waals surface area contributed by atoms with Crippen LogP contribution in [0.4, 0.5) is 0 Å². The molecule has 236 valence electrons. The summed E-state index contributed by atoms with van der Waals surface area (Å²) in [6.07, 6.45) is 0. The predicted molar refractivity (Wildman–Crippen MR) is 206 cm³/mol. The van der Waals surface area contributed by atoms with Gasteiger partial charge in [-0.2, -0.15) is 0 Å². The summed E-state index contributed by atoms with van der Waals surface area (Å²) in [7, 11) is 0. The lowest BCUT2D eigenvalue weighted by atomic mass is 9.70. The van der Waals surface area contributed by atoms with Crippen molar-refractivity contribution < 1.29 is 0 Å². The molecule has 50 heavy (non-hydrogen) atoms. The summed E-state index contributed by atoms with van der Waals surface area (Å²) in [6.45, 7) is 4.60. The van der Waals surface area contributed by atoms with Crippen LogP contribution in [0.1, 0.15) is 25.0 Å². The number of hydrogen-bond acceptors (Lipinski definition) is 3. The standard InChI is InChI=1S/C46H32N4/c1-46(2)36-20-11-9-19-34(36)44-43-37(46)21-13-22-38(43)48-45(49-44)50-41-23-12-10-18-33(41)35-26-31(24-25-42(35)50)40-28-32(29-14-5-3-6-15-29)27-39(47-40)30-16-7-4-8-17-30/h3-28H,1-2H3. The van der Waals surface area contributed by atoms with Crippen molar-refractivity contribution in [2.24, 2.45) is 0 Å². The van der Waals surface area contributed by atoms with E-state index in [1.807, 2.05) is 6.07 Å². The Morgan fingerprint density at radius 3 is 1.94 bits per heavy atom. The lowest BCUT2D eigenvalue weighted by molar-refractivity contribution is 0.643. The zero-order valence-electron chi connectivity index (χ0n) is 27.8. The van der Waals surface area contributed by atoms with Gasteiger partial charge in [0.25, 0.3) is 0 Å². The van der Waals surface area contributed by atoms with E-state index in [0.29, 0.717) is 5.95 Å². The summed E-state index contributed by atoms with van der Waals surface area (Å²) in [6, 6.07) is 55.8. The summed E-state index contributed by atoms with van der Waals surface area (Å²) >= 11 is 0. The van der Waals surface area contributed by atoms with Gasteiger partial charge >= 0.3 is 0 Å². The van der Waals surface area contributed by atoms with Gasteiger partial charge in [-0.3, -0.25) is 4.57 Å². The van der Waals surface area contributed by atoms with Crippen LogP contribution < -0.4 is 0 Å². The number of hydrogen-bond donors (Lipinski definition) is 0. The zero-order chi connectivity index (χ0) is 33.4. The van der Waals surface area contributed by atoms with E-state index in [1.165, 1.54) is 16.7 Å². The van der Waals surface area contributed by atoms with Crippen LogP contribution in [0.2, 0.25) is 0 Å². The molecule has 0 unspecified atom stereocenters. The molecule has 0 saturated carbocycles. The van der Waals surface area contributed by atoms with Gasteiger partial charge in [0.05, 0.1) is 33.6 Å². The number of nitrogens with zero attached hydrogens (tertiary/aromatic N) is 4. The van der Waals surface area contributed by atoms with Gasteiger partial charge in [-0.15, -0.1) is 0 Å². The Morgan fingerprint density at radius 1 is 0.460 bits per heavy atom. The highest BCUT2D eigenvalue weighted by Gasteiger charge is 2.34. The van der Waals surface area contributed by atoms with E-state index >= 15 is 0 Å². The molecule has 3 heterocycles. The Labute approximate surface area is 290 Å². The third kappa shape index (κ3) is 4.28. The Bertz CT molecular complexity index is 2720. The molecule has 9 aromatic rings. The third-order valence-corrected chi connectivity index (χ3v) is 10.4. The van der Waals surface area contributed by atoms with E-state index < -0.39 is 0 Å².